The molecular formula is C27H25ClN2O3. The van der Waals surface area contributed by atoms with Crippen LogP contribution in [0.3, 0.4) is 0 Å². The average Bonchev–Trinajstić information content (AvgIpc) is 2.87. The van der Waals surface area contributed by atoms with E-state index < -0.39 is 5.06 Å². The Labute approximate surface area is 199 Å². The lowest BCUT2D eigenvalue weighted by Crippen LogP contribution is -2.43. The zero-order valence-electron chi connectivity index (χ0n) is 18.4. The summed E-state index contributed by atoms with van der Waals surface area (Å²) in [5, 5.41) is -1.33. The van der Waals surface area contributed by atoms with Crippen molar-refractivity contribution < 1.29 is 14.4 Å². The first kappa shape index (κ1) is 23.0. The molecule has 1 amide bonds. The van der Waals surface area contributed by atoms with Crippen LogP contribution in [-0.2, 0) is 14.6 Å². The summed E-state index contributed by atoms with van der Waals surface area (Å²) in [6, 6.07) is 20.6. The molecular weight excluding hydrogens is 436 g/mol. The number of nitrogens with one attached hydrogen (secondary N) is 1. The molecule has 3 aromatic rings. The van der Waals surface area contributed by atoms with Crippen molar-refractivity contribution in [2.45, 2.75) is 24.8 Å². The lowest BCUT2D eigenvalue weighted by molar-refractivity contribution is -0.102. The Balaban J connectivity index is 1.60. The topological polar surface area (TPSA) is 60.5 Å². The van der Waals surface area contributed by atoms with Crippen molar-refractivity contribution in [3.8, 4) is 11.8 Å². The third kappa shape index (κ3) is 5.61. The highest BCUT2D eigenvalue weighted by atomic mass is 35.5. The van der Waals surface area contributed by atoms with Gasteiger partial charge in [0.25, 0.3) is 5.91 Å². The second-order valence-electron chi connectivity index (χ2n) is 7.94. The Hall–Kier alpha value is -3.17. The fourth-order valence-electron chi connectivity index (χ4n) is 3.83. The number of aromatic nitrogens is 1. The van der Waals surface area contributed by atoms with Gasteiger partial charge in [0.05, 0.1) is 5.69 Å². The van der Waals surface area contributed by atoms with Crippen molar-refractivity contribution in [3.05, 3.63) is 101 Å². The van der Waals surface area contributed by atoms with Crippen LogP contribution in [0, 0.1) is 24.7 Å². The third-order valence-electron chi connectivity index (χ3n) is 5.60. The minimum atomic E-state index is -1.33. The number of rotatable bonds is 5. The summed E-state index contributed by atoms with van der Waals surface area (Å²) in [6.07, 6.45) is 3.08. The number of halogens is 1. The molecule has 33 heavy (non-hydrogen) atoms. The zero-order chi connectivity index (χ0) is 23.1. The molecule has 6 heteroatoms. The molecule has 1 aromatic heterocycles. The number of carbonyl (C=O) groups excluding carboxylic acids is 1. The van der Waals surface area contributed by atoms with Crippen molar-refractivity contribution >= 4 is 17.5 Å². The lowest BCUT2D eigenvalue weighted by atomic mass is 9.89. The van der Waals surface area contributed by atoms with Crippen LogP contribution in [-0.4, -0.2) is 24.1 Å². The number of hydrogen-bond acceptors (Lipinski definition) is 4. The number of nitrogens with zero attached hydrogens (tertiary/aromatic N) is 1. The summed E-state index contributed by atoms with van der Waals surface area (Å²) in [5.74, 6) is 5.83. The molecule has 1 fully saturated rings. The first-order valence-corrected chi connectivity index (χ1v) is 11.3. The predicted molar refractivity (Wildman–Crippen MR) is 127 cm³/mol. The molecule has 5 nitrogen and oxygen atoms in total. The van der Waals surface area contributed by atoms with Gasteiger partial charge in [-0.25, -0.2) is 10.3 Å². The minimum absolute atomic E-state index is 0.0866. The van der Waals surface area contributed by atoms with Gasteiger partial charge < -0.3 is 4.74 Å². The molecule has 0 radical (unpaired) electrons. The van der Waals surface area contributed by atoms with E-state index in [2.05, 4.69) is 22.3 Å². The lowest BCUT2D eigenvalue weighted by Gasteiger charge is -2.37. The summed E-state index contributed by atoms with van der Waals surface area (Å²) < 4.78 is 5.51. The third-order valence-corrected chi connectivity index (χ3v) is 6.17. The molecule has 0 spiro atoms. The smallest absolute Gasteiger partial charge is 0.274 e. The fraction of sp³-hybridized carbons (Fsp3) is 0.259. The van der Waals surface area contributed by atoms with Gasteiger partial charge in [-0.05, 0) is 55.7 Å². The minimum Gasteiger partial charge on any atom is -0.381 e. The van der Waals surface area contributed by atoms with Gasteiger partial charge in [-0.2, -0.15) is 0 Å². The summed E-state index contributed by atoms with van der Waals surface area (Å²) in [7, 11) is 0. The maximum Gasteiger partial charge on any atom is 0.274 e. The SMILES string of the molecule is Cc1cc(C#Cc2ccccc2)cnc1C(Cl)(ONC(=O)c1ccccc1)C1CCOCC1. The van der Waals surface area contributed by atoms with E-state index in [9.17, 15) is 4.79 Å². The quantitative estimate of drug-likeness (QED) is 0.332. The summed E-state index contributed by atoms with van der Waals surface area (Å²) in [6.45, 7) is 3.08. The van der Waals surface area contributed by atoms with Gasteiger partial charge in [-0.1, -0.05) is 59.8 Å². The van der Waals surface area contributed by atoms with Crippen LogP contribution in [0.25, 0.3) is 0 Å². The largest absolute Gasteiger partial charge is 0.381 e. The van der Waals surface area contributed by atoms with Crippen LogP contribution in [0.15, 0.2) is 72.9 Å². The summed E-state index contributed by atoms with van der Waals surface area (Å²) >= 11 is 7.11. The molecule has 1 N–H and O–H groups in total. The first-order valence-electron chi connectivity index (χ1n) is 10.9. The molecule has 1 unspecified atom stereocenters. The van der Waals surface area contributed by atoms with Gasteiger partial charge in [0.2, 0.25) is 5.06 Å². The standard InChI is InChI=1S/C27H25ClN2O3/c1-20-18-22(13-12-21-8-4-2-5-9-21)19-29-25(20)27(28,24-14-16-32-17-15-24)33-30-26(31)23-10-6-3-7-11-23/h2-11,18-19,24H,14-17H2,1H3,(H,30,31). The number of hydrogen-bond donors (Lipinski definition) is 1. The highest BCUT2D eigenvalue weighted by molar-refractivity contribution is 6.23. The number of hydroxylamine groups is 1. The van der Waals surface area contributed by atoms with Crippen LogP contribution < -0.4 is 5.48 Å². The zero-order valence-corrected chi connectivity index (χ0v) is 19.1. The van der Waals surface area contributed by atoms with Crippen molar-refractivity contribution in [1.82, 2.24) is 10.5 Å². The van der Waals surface area contributed by atoms with Crippen LogP contribution in [0.1, 0.15) is 45.6 Å². The number of amides is 1. The van der Waals surface area contributed by atoms with Crippen molar-refractivity contribution in [2.75, 3.05) is 13.2 Å². The Morgan fingerprint density at radius 2 is 1.70 bits per heavy atom. The van der Waals surface area contributed by atoms with E-state index in [0.29, 0.717) is 37.3 Å². The van der Waals surface area contributed by atoms with Gasteiger partial charge in [0.1, 0.15) is 0 Å². The van der Waals surface area contributed by atoms with E-state index in [-0.39, 0.29) is 11.8 Å². The van der Waals surface area contributed by atoms with E-state index in [1.54, 1.807) is 30.5 Å². The molecule has 0 aliphatic carbocycles. The molecule has 1 atom stereocenters. The number of pyridine rings is 1. The van der Waals surface area contributed by atoms with Crippen molar-refractivity contribution in [3.63, 3.8) is 0 Å². The number of aryl methyl sites for hydroxylation is 1. The van der Waals surface area contributed by atoms with E-state index >= 15 is 0 Å². The maximum atomic E-state index is 12.6. The number of benzene rings is 2. The van der Waals surface area contributed by atoms with Gasteiger partial charge in [-0.15, -0.1) is 0 Å². The second kappa shape index (κ2) is 10.6. The Kier molecular flexibility index (Phi) is 7.41. The molecule has 1 saturated heterocycles. The number of alkyl halides is 1. The number of carbonyl (C=O) groups is 1. The Morgan fingerprint density at radius 3 is 2.36 bits per heavy atom. The predicted octanol–water partition coefficient (Wildman–Crippen LogP) is 4.97. The van der Waals surface area contributed by atoms with E-state index in [1.807, 2.05) is 49.4 Å². The van der Waals surface area contributed by atoms with E-state index in [4.69, 9.17) is 21.2 Å². The Morgan fingerprint density at radius 1 is 1.06 bits per heavy atom. The van der Waals surface area contributed by atoms with Crippen molar-refractivity contribution in [1.29, 1.82) is 0 Å². The van der Waals surface area contributed by atoms with Crippen LogP contribution in [0.4, 0.5) is 0 Å². The first-order chi connectivity index (χ1) is 16.1. The van der Waals surface area contributed by atoms with Crippen LogP contribution >= 0.6 is 11.6 Å². The normalized spacial score (nSPS) is 15.7. The molecule has 168 valence electrons. The summed E-state index contributed by atoms with van der Waals surface area (Å²) in [4.78, 5) is 23.2. The van der Waals surface area contributed by atoms with Gasteiger partial charge >= 0.3 is 0 Å². The van der Waals surface area contributed by atoms with Gasteiger partial charge in [0, 0.05) is 42.0 Å². The summed E-state index contributed by atoms with van der Waals surface area (Å²) in [5.41, 5.74) is 6.14. The van der Waals surface area contributed by atoms with Crippen molar-refractivity contribution in [2.24, 2.45) is 5.92 Å². The van der Waals surface area contributed by atoms with E-state index in [0.717, 1.165) is 16.7 Å². The molecule has 2 aromatic carbocycles. The van der Waals surface area contributed by atoms with Gasteiger partial charge in [0.15, 0.2) is 0 Å². The molecule has 4 rings (SSSR count). The number of ether oxygens (including phenoxy) is 1. The monoisotopic (exact) mass is 460 g/mol. The fourth-order valence-corrected chi connectivity index (χ4v) is 4.28. The maximum absolute atomic E-state index is 12.6. The molecule has 2 heterocycles. The van der Waals surface area contributed by atoms with Crippen LogP contribution in [0.5, 0.6) is 0 Å². The van der Waals surface area contributed by atoms with Crippen LogP contribution in [0.2, 0.25) is 0 Å². The highest BCUT2D eigenvalue weighted by Crippen LogP contribution is 2.43. The average molecular weight is 461 g/mol. The molecule has 1 aliphatic heterocycles. The van der Waals surface area contributed by atoms with E-state index in [1.165, 1.54) is 0 Å². The molecule has 0 saturated carbocycles. The second-order valence-corrected chi connectivity index (χ2v) is 8.50. The Bertz CT molecular complexity index is 1150. The molecule has 1 aliphatic rings. The highest BCUT2D eigenvalue weighted by Gasteiger charge is 2.44. The van der Waals surface area contributed by atoms with Gasteiger partial charge in [-0.3, -0.25) is 9.78 Å². The molecule has 0 bridgehead atoms.